The Balaban J connectivity index is 1.92. The van der Waals surface area contributed by atoms with Gasteiger partial charge in [-0.2, -0.15) is 0 Å². The van der Waals surface area contributed by atoms with E-state index in [4.69, 9.17) is 18.0 Å². The molecule has 1 aliphatic rings. The summed E-state index contributed by atoms with van der Waals surface area (Å²) in [5.41, 5.74) is 8.41. The molecular formula is C15H22N2S. The first-order valence-electron chi connectivity index (χ1n) is 6.57. The summed E-state index contributed by atoms with van der Waals surface area (Å²) >= 11 is 4.96. The van der Waals surface area contributed by atoms with Crippen molar-refractivity contribution in [3.05, 3.63) is 35.4 Å². The summed E-state index contributed by atoms with van der Waals surface area (Å²) in [7, 11) is 0. The second-order valence-corrected chi connectivity index (χ2v) is 6.44. The maximum atomic E-state index is 5.60. The zero-order valence-corrected chi connectivity index (χ0v) is 12.1. The molecule has 0 radical (unpaired) electrons. The molecule has 1 aliphatic heterocycles. The van der Waals surface area contributed by atoms with Crippen molar-refractivity contribution in [1.29, 1.82) is 0 Å². The third-order valence-electron chi connectivity index (χ3n) is 3.85. The molecule has 0 aromatic heterocycles. The number of hydrogen-bond donors (Lipinski definition) is 1. The first-order chi connectivity index (χ1) is 8.46. The van der Waals surface area contributed by atoms with Crippen molar-refractivity contribution in [3.8, 4) is 0 Å². The maximum Gasteiger partial charge on any atom is 0.103 e. The molecular weight excluding hydrogens is 240 g/mol. The van der Waals surface area contributed by atoms with Gasteiger partial charge in [-0.15, -0.1) is 0 Å². The van der Waals surface area contributed by atoms with Gasteiger partial charge in [0, 0.05) is 12.1 Å². The van der Waals surface area contributed by atoms with Crippen LogP contribution in [0.4, 0.5) is 0 Å². The molecule has 18 heavy (non-hydrogen) atoms. The predicted molar refractivity (Wildman–Crippen MR) is 80.6 cm³/mol. The monoisotopic (exact) mass is 262 g/mol. The molecule has 1 aromatic rings. The minimum absolute atomic E-state index is 0.473. The molecule has 1 fully saturated rings. The Morgan fingerprint density at radius 1 is 1.22 bits per heavy atom. The molecule has 0 unspecified atom stereocenters. The quantitative estimate of drug-likeness (QED) is 0.849. The molecule has 98 valence electrons. The molecule has 3 heteroatoms. The largest absolute Gasteiger partial charge is 0.389 e. The molecule has 2 N–H and O–H groups in total. The van der Waals surface area contributed by atoms with Crippen molar-refractivity contribution in [2.24, 2.45) is 11.1 Å². The summed E-state index contributed by atoms with van der Waals surface area (Å²) in [6.07, 6.45) is 2.58. The van der Waals surface area contributed by atoms with Gasteiger partial charge in [-0.25, -0.2) is 0 Å². The molecule has 0 atom stereocenters. The van der Waals surface area contributed by atoms with Crippen LogP contribution in [0.15, 0.2) is 24.3 Å². The van der Waals surface area contributed by atoms with E-state index in [0.717, 1.165) is 12.1 Å². The van der Waals surface area contributed by atoms with Crippen LogP contribution >= 0.6 is 12.2 Å². The van der Waals surface area contributed by atoms with Gasteiger partial charge >= 0.3 is 0 Å². The number of hydrogen-bond acceptors (Lipinski definition) is 2. The van der Waals surface area contributed by atoms with Crippen molar-refractivity contribution in [2.75, 3.05) is 13.1 Å². The first-order valence-corrected chi connectivity index (χ1v) is 6.98. The fraction of sp³-hybridized carbons (Fsp3) is 0.533. The average Bonchev–Trinajstić information content (AvgIpc) is 2.33. The zero-order valence-electron chi connectivity index (χ0n) is 11.3. The molecule has 0 amide bonds. The lowest BCUT2D eigenvalue weighted by Crippen LogP contribution is -2.36. The number of likely N-dealkylation sites (tertiary alicyclic amines) is 1. The topological polar surface area (TPSA) is 29.3 Å². The predicted octanol–water partition coefficient (Wildman–Crippen LogP) is 2.94. The number of rotatable bonds is 3. The van der Waals surface area contributed by atoms with Crippen LogP contribution in [0.2, 0.25) is 0 Å². The summed E-state index contributed by atoms with van der Waals surface area (Å²) in [5.74, 6) is 0. The number of nitrogens with zero attached hydrogens (tertiary/aromatic N) is 1. The van der Waals surface area contributed by atoms with E-state index in [0.29, 0.717) is 10.4 Å². The van der Waals surface area contributed by atoms with Gasteiger partial charge in [-0.3, -0.25) is 4.90 Å². The third kappa shape index (κ3) is 3.53. The van der Waals surface area contributed by atoms with Gasteiger partial charge < -0.3 is 5.73 Å². The molecule has 2 rings (SSSR count). The first kappa shape index (κ1) is 13.5. The van der Waals surface area contributed by atoms with Crippen molar-refractivity contribution < 1.29 is 0 Å². The van der Waals surface area contributed by atoms with E-state index in [1.807, 2.05) is 12.1 Å². The Bertz CT molecular complexity index is 413. The van der Waals surface area contributed by atoms with Crippen LogP contribution in [0.5, 0.6) is 0 Å². The second kappa shape index (κ2) is 5.37. The van der Waals surface area contributed by atoms with Crippen LogP contribution in [0.1, 0.15) is 37.8 Å². The van der Waals surface area contributed by atoms with Gasteiger partial charge in [0.05, 0.1) is 0 Å². The SMILES string of the molecule is CC1(C)CCN(Cc2ccc(C(N)=S)cc2)CC1. The molecule has 0 aliphatic carbocycles. The number of piperidine rings is 1. The molecule has 1 aromatic carbocycles. The second-order valence-electron chi connectivity index (χ2n) is 6.00. The minimum atomic E-state index is 0.473. The summed E-state index contributed by atoms with van der Waals surface area (Å²) in [6, 6.07) is 8.31. The van der Waals surface area contributed by atoms with Crippen molar-refractivity contribution in [1.82, 2.24) is 4.90 Å². The molecule has 0 saturated carbocycles. The lowest BCUT2D eigenvalue weighted by molar-refractivity contribution is 0.127. The Morgan fingerprint density at radius 2 is 1.78 bits per heavy atom. The number of thiocarbonyl (C=S) groups is 1. The summed E-state index contributed by atoms with van der Waals surface area (Å²) in [5, 5.41) is 0. The van der Waals surface area contributed by atoms with Gasteiger partial charge in [0.1, 0.15) is 4.99 Å². The standard InChI is InChI=1S/C15H22N2S/c1-15(2)7-9-17(10-8-15)11-12-3-5-13(6-4-12)14(16)18/h3-6H,7-11H2,1-2H3,(H2,16,18). The summed E-state index contributed by atoms with van der Waals surface area (Å²) < 4.78 is 0. The van der Waals surface area contributed by atoms with Gasteiger partial charge in [0.15, 0.2) is 0 Å². The van der Waals surface area contributed by atoms with Crippen LogP contribution in [-0.2, 0) is 6.54 Å². The smallest absolute Gasteiger partial charge is 0.103 e. The highest BCUT2D eigenvalue weighted by atomic mass is 32.1. The average molecular weight is 262 g/mol. The van der Waals surface area contributed by atoms with Gasteiger partial charge in [0.25, 0.3) is 0 Å². The highest BCUT2D eigenvalue weighted by Gasteiger charge is 2.24. The van der Waals surface area contributed by atoms with Crippen LogP contribution < -0.4 is 5.73 Å². The summed E-state index contributed by atoms with van der Waals surface area (Å²) in [6.45, 7) is 8.16. The Labute approximate surface area is 115 Å². The minimum Gasteiger partial charge on any atom is -0.389 e. The van der Waals surface area contributed by atoms with Gasteiger partial charge in [-0.05, 0) is 36.9 Å². The molecule has 1 saturated heterocycles. The van der Waals surface area contributed by atoms with Crippen LogP contribution in [-0.4, -0.2) is 23.0 Å². The van der Waals surface area contributed by atoms with Crippen LogP contribution in [0, 0.1) is 5.41 Å². The number of benzene rings is 1. The van der Waals surface area contributed by atoms with E-state index in [9.17, 15) is 0 Å². The van der Waals surface area contributed by atoms with Crippen LogP contribution in [0.3, 0.4) is 0 Å². The normalized spacial score (nSPS) is 19.7. The number of nitrogens with two attached hydrogens (primary N) is 1. The van der Waals surface area contributed by atoms with Crippen molar-refractivity contribution in [3.63, 3.8) is 0 Å². The van der Waals surface area contributed by atoms with Gasteiger partial charge in [-0.1, -0.05) is 50.3 Å². The van der Waals surface area contributed by atoms with E-state index >= 15 is 0 Å². The van der Waals surface area contributed by atoms with E-state index in [-0.39, 0.29) is 0 Å². The van der Waals surface area contributed by atoms with E-state index in [2.05, 4.69) is 30.9 Å². The van der Waals surface area contributed by atoms with E-state index < -0.39 is 0 Å². The zero-order chi connectivity index (χ0) is 13.2. The fourth-order valence-corrected chi connectivity index (χ4v) is 2.49. The lowest BCUT2D eigenvalue weighted by atomic mass is 9.82. The van der Waals surface area contributed by atoms with E-state index in [1.165, 1.54) is 31.5 Å². The van der Waals surface area contributed by atoms with Gasteiger partial charge in [0.2, 0.25) is 0 Å². The Hall–Kier alpha value is -0.930. The Morgan fingerprint density at radius 3 is 2.28 bits per heavy atom. The highest BCUT2D eigenvalue weighted by Crippen LogP contribution is 2.30. The third-order valence-corrected chi connectivity index (χ3v) is 4.09. The molecule has 2 nitrogen and oxygen atoms in total. The molecule has 1 heterocycles. The van der Waals surface area contributed by atoms with E-state index in [1.54, 1.807) is 0 Å². The maximum absolute atomic E-state index is 5.60. The molecule has 0 bridgehead atoms. The van der Waals surface area contributed by atoms with Crippen LogP contribution in [0.25, 0.3) is 0 Å². The summed E-state index contributed by atoms with van der Waals surface area (Å²) in [4.78, 5) is 3.00. The fourth-order valence-electron chi connectivity index (χ4n) is 2.35. The Kier molecular flexibility index (Phi) is 4.03. The van der Waals surface area contributed by atoms with Crippen molar-refractivity contribution >= 4 is 17.2 Å². The molecule has 0 spiro atoms. The lowest BCUT2D eigenvalue weighted by Gasteiger charge is -2.36. The van der Waals surface area contributed by atoms with Crippen molar-refractivity contribution in [2.45, 2.75) is 33.2 Å². The highest BCUT2D eigenvalue weighted by molar-refractivity contribution is 7.80.